The molecule has 0 bridgehead atoms. The van der Waals surface area contributed by atoms with Crippen molar-refractivity contribution in [2.45, 2.75) is 58.1 Å². The number of hydrogen-bond acceptors (Lipinski definition) is 4. The van der Waals surface area contributed by atoms with E-state index in [0.717, 1.165) is 21.0 Å². The van der Waals surface area contributed by atoms with E-state index in [1.807, 2.05) is 70.2 Å². The predicted molar refractivity (Wildman–Crippen MR) is 147 cm³/mol. The van der Waals surface area contributed by atoms with Gasteiger partial charge >= 0.3 is 0 Å². The average Bonchev–Trinajstić information content (AvgIpc) is 2.87. The zero-order valence-corrected chi connectivity index (χ0v) is 22.8. The van der Waals surface area contributed by atoms with Gasteiger partial charge in [0.1, 0.15) is 12.6 Å². The van der Waals surface area contributed by atoms with Crippen molar-refractivity contribution in [1.82, 2.24) is 10.2 Å². The van der Waals surface area contributed by atoms with Gasteiger partial charge in [-0.2, -0.15) is 0 Å². The van der Waals surface area contributed by atoms with Gasteiger partial charge in [-0.25, -0.2) is 8.42 Å². The summed E-state index contributed by atoms with van der Waals surface area (Å²) in [5.74, 6) is -0.779. The number of carbonyl (C=O) groups is 2. The van der Waals surface area contributed by atoms with Crippen molar-refractivity contribution in [3.8, 4) is 0 Å². The molecule has 0 spiro atoms. The van der Waals surface area contributed by atoms with Crippen LogP contribution in [0, 0.1) is 13.8 Å². The van der Waals surface area contributed by atoms with Gasteiger partial charge in [0.2, 0.25) is 11.8 Å². The Morgan fingerprint density at radius 3 is 2.05 bits per heavy atom. The molecule has 1 atom stereocenters. The monoisotopic (exact) mass is 521 g/mol. The van der Waals surface area contributed by atoms with E-state index in [-0.39, 0.29) is 23.4 Å². The molecule has 0 aromatic heterocycles. The summed E-state index contributed by atoms with van der Waals surface area (Å²) in [7, 11) is -4.07. The Morgan fingerprint density at radius 2 is 1.46 bits per heavy atom. The normalized spacial score (nSPS) is 12.2. The van der Waals surface area contributed by atoms with E-state index < -0.39 is 28.5 Å². The van der Waals surface area contributed by atoms with E-state index in [1.54, 1.807) is 31.2 Å². The molecule has 1 unspecified atom stereocenters. The molecule has 3 aromatic rings. The van der Waals surface area contributed by atoms with Crippen molar-refractivity contribution >= 4 is 27.5 Å². The first kappa shape index (κ1) is 27.9. The lowest BCUT2D eigenvalue weighted by atomic mass is 10.1. The molecule has 0 fully saturated rings. The van der Waals surface area contributed by atoms with Crippen LogP contribution in [0.15, 0.2) is 83.8 Å². The molecule has 0 aliphatic carbocycles. The topological polar surface area (TPSA) is 86.8 Å². The minimum Gasteiger partial charge on any atom is -0.352 e. The third-order valence-corrected chi connectivity index (χ3v) is 7.81. The Morgan fingerprint density at radius 1 is 0.865 bits per heavy atom. The Balaban J connectivity index is 2.05. The SMILES string of the molecule is Cc1ccc(C)c(N(CC(=O)N(Cc2ccccc2)C(C)C(=O)NC(C)C)S(=O)(=O)c2ccccc2)c1. The van der Waals surface area contributed by atoms with Crippen LogP contribution in [0.25, 0.3) is 0 Å². The van der Waals surface area contributed by atoms with Crippen molar-refractivity contribution in [2.24, 2.45) is 0 Å². The van der Waals surface area contributed by atoms with E-state index in [1.165, 1.54) is 17.0 Å². The van der Waals surface area contributed by atoms with Crippen molar-refractivity contribution in [2.75, 3.05) is 10.8 Å². The molecule has 37 heavy (non-hydrogen) atoms. The molecule has 8 heteroatoms. The quantitative estimate of drug-likeness (QED) is 0.427. The van der Waals surface area contributed by atoms with Crippen LogP contribution in [0.3, 0.4) is 0 Å². The summed E-state index contributed by atoms with van der Waals surface area (Å²) in [4.78, 5) is 28.3. The highest BCUT2D eigenvalue weighted by molar-refractivity contribution is 7.92. The summed E-state index contributed by atoms with van der Waals surface area (Å²) < 4.78 is 28.8. The molecule has 196 valence electrons. The van der Waals surface area contributed by atoms with Crippen LogP contribution < -0.4 is 9.62 Å². The fraction of sp³-hybridized carbons (Fsp3) is 0.310. The molecule has 2 amide bonds. The third kappa shape index (κ3) is 6.98. The van der Waals surface area contributed by atoms with Gasteiger partial charge < -0.3 is 10.2 Å². The molecule has 7 nitrogen and oxygen atoms in total. The number of sulfonamides is 1. The first-order valence-electron chi connectivity index (χ1n) is 12.3. The van der Waals surface area contributed by atoms with Gasteiger partial charge in [0.05, 0.1) is 10.6 Å². The second-order valence-corrected chi connectivity index (χ2v) is 11.3. The lowest BCUT2D eigenvalue weighted by Crippen LogP contribution is -2.52. The number of benzene rings is 3. The van der Waals surface area contributed by atoms with Crippen LogP contribution in [-0.4, -0.2) is 43.8 Å². The van der Waals surface area contributed by atoms with Gasteiger partial charge in [-0.1, -0.05) is 60.7 Å². The van der Waals surface area contributed by atoms with E-state index >= 15 is 0 Å². The highest BCUT2D eigenvalue weighted by atomic mass is 32.2. The number of amides is 2. The summed E-state index contributed by atoms with van der Waals surface area (Å²) >= 11 is 0. The highest BCUT2D eigenvalue weighted by Crippen LogP contribution is 2.28. The van der Waals surface area contributed by atoms with Crippen LogP contribution in [0.4, 0.5) is 5.69 Å². The number of hydrogen-bond donors (Lipinski definition) is 1. The zero-order chi connectivity index (χ0) is 27.2. The lowest BCUT2D eigenvalue weighted by Gasteiger charge is -2.32. The van der Waals surface area contributed by atoms with Crippen molar-refractivity contribution in [3.63, 3.8) is 0 Å². The summed E-state index contributed by atoms with van der Waals surface area (Å²) in [6, 6.07) is 22.0. The summed E-state index contributed by atoms with van der Waals surface area (Å²) in [5.41, 5.74) is 2.85. The van der Waals surface area contributed by atoms with Crippen molar-refractivity contribution in [1.29, 1.82) is 0 Å². The van der Waals surface area contributed by atoms with Gasteiger partial charge in [0.25, 0.3) is 10.0 Å². The maximum Gasteiger partial charge on any atom is 0.264 e. The lowest BCUT2D eigenvalue weighted by molar-refractivity contribution is -0.139. The average molecular weight is 522 g/mol. The zero-order valence-electron chi connectivity index (χ0n) is 22.0. The van der Waals surface area contributed by atoms with Crippen LogP contribution in [-0.2, 0) is 26.2 Å². The minimum atomic E-state index is -4.07. The number of rotatable bonds is 10. The van der Waals surface area contributed by atoms with E-state index in [9.17, 15) is 18.0 Å². The first-order valence-corrected chi connectivity index (χ1v) is 13.7. The Labute approximate surface area is 220 Å². The molecular weight excluding hydrogens is 486 g/mol. The predicted octanol–water partition coefficient (Wildman–Crippen LogP) is 4.44. The Kier molecular flexibility index (Phi) is 9.10. The third-order valence-electron chi connectivity index (χ3n) is 6.04. The Hall–Kier alpha value is -3.65. The number of aryl methyl sites for hydroxylation is 2. The molecule has 3 rings (SSSR count). The number of nitrogens with zero attached hydrogens (tertiary/aromatic N) is 2. The molecule has 0 aliphatic heterocycles. The summed E-state index contributed by atoms with van der Waals surface area (Å²) in [6.07, 6.45) is 0. The summed E-state index contributed by atoms with van der Waals surface area (Å²) in [5, 5.41) is 2.86. The summed E-state index contributed by atoms with van der Waals surface area (Å²) in [6.45, 7) is 8.76. The molecule has 0 radical (unpaired) electrons. The molecule has 0 saturated carbocycles. The molecule has 0 saturated heterocycles. The highest BCUT2D eigenvalue weighted by Gasteiger charge is 2.33. The van der Waals surface area contributed by atoms with Gasteiger partial charge in [-0.15, -0.1) is 0 Å². The fourth-order valence-electron chi connectivity index (χ4n) is 3.99. The van der Waals surface area contributed by atoms with Gasteiger partial charge in [0.15, 0.2) is 0 Å². The smallest absolute Gasteiger partial charge is 0.264 e. The minimum absolute atomic E-state index is 0.0870. The molecule has 3 aromatic carbocycles. The first-order chi connectivity index (χ1) is 17.5. The largest absolute Gasteiger partial charge is 0.352 e. The van der Waals surface area contributed by atoms with Crippen LogP contribution in [0.2, 0.25) is 0 Å². The molecule has 0 aliphatic rings. The van der Waals surface area contributed by atoms with E-state index in [4.69, 9.17) is 0 Å². The fourth-order valence-corrected chi connectivity index (χ4v) is 5.48. The van der Waals surface area contributed by atoms with Crippen LogP contribution in [0.1, 0.15) is 37.5 Å². The standard InChI is InChI=1S/C29H35N3O4S/c1-21(2)30-29(34)24(5)31(19-25-12-8-6-9-13-25)28(33)20-32(27-18-22(3)16-17-23(27)4)37(35,36)26-14-10-7-11-15-26/h6-18,21,24H,19-20H2,1-5H3,(H,30,34). The number of anilines is 1. The van der Waals surface area contributed by atoms with Gasteiger partial charge in [-0.3, -0.25) is 13.9 Å². The van der Waals surface area contributed by atoms with Crippen LogP contribution in [0.5, 0.6) is 0 Å². The Bertz CT molecular complexity index is 1330. The second-order valence-electron chi connectivity index (χ2n) is 9.46. The van der Waals surface area contributed by atoms with Crippen molar-refractivity contribution in [3.05, 3.63) is 95.6 Å². The number of carbonyl (C=O) groups excluding carboxylic acids is 2. The van der Waals surface area contributed by atoms with Gasteiger partial charge in [0, 0.05) is 12.6 Å². The maximum absolute atomic E-state index is 13.9. The maximum atomic E-state index is 13.9. The second kappa shape index (κ2) is 12.1. The number of nitrogens with one attached hydrogen (secondary N) is 1. The molecule has 0 heterocycles. The van der Waals surface area contributed by atoms with Crippen molar-refractivity contribution < 1.29 is 18.0 Å². The van der Waals surface area contributed by atoms with E-state index in [2.05, 4.69) is 5.32 Å². The molecule has 1 N–H and O–H groups in total. The van der Waals surface area contributed by atoms with Crippen LogP contribution >= 0.6 is 0 Å². The molecular formula is C29H35N3O4S. The van der Waals surface area contributed by atoms with E-state index in [0.29, 0.717) is 5.69 Å². The van der Waals surface area contributed by atoms with Gasteiger partial charge in [-0.05, 0) is 69.5 Å².